The molecule has 0 aliphatic heterocycles. The van der Waals surface area contributed by atoms with Crippen LogP contribution in [-0.2, 0) is 11.3 Å². The molecule has 0 aliphatic carbocycles. The molecule has 106 valence electrons. The number of hydrogen-bond acceptors (Lipinski definition) is 7. The van der Waals surface area contributed by atoms with Crippen molar-refractivity contribution in [3.63, 3.8) is 0 Å². The summed E-state index contributed by atoms with van der Waals surface area (Å²) < 4.78 is 23.1. The van der Waals surface area contributed by atoms with Crippen molar-refractivity contribution in [3.05, 3.63) is 35.2 Å². The number of nitrogens with two attached hydrogens (primary N) is 1. The molecule has 0 fully saturated rings. The van der Waals surface area contributed by atoms with Crippen LogP contribution in [-0.4, -0.2) is 23.2 Å². The van der Waals surface area contributed by atoms with E-state index in [1.54, 1.807) is 6.92 Å². The van der Waals surface area contributed by atoms with Crippen LogP contribution in [0.4, 0.5) is 15.8 Å². The van der Waals surface area contributed by atoms with E-state index in [0.717, 1.165) is 6.07 Å². The number of methoxy groups -OCH3 is 1. The van der Waals surface area contributed by atoms with Gasteiger partial charge in [0.2, 0.25) is 5.89 Å². The number of aryl methyl sites for hydroxylation is 1. The van der Waals surface area contributed by atoms with Crippen LogP contribution in [0.1, 0.15) is 22.1 Å². The Morgan fingerprint density at radius 1 is 1.55 bits per heavy atom. The number of carbonyl (C=O) groups excluding carboxylic acids is 1. The van der Waals surface area contributed by atoms with E-state index < -0.39 is 11.8 Å². The summed E-state index contributed by atoms with van der Waals surface area (Å²) in [5, 5.41) is 6.43. The average Bonchev–Trinajstić information content (AvgIpc) is 2.83. The fourth-order valence-electron chi connectivity index (χ4n) is 1.60. The number of nitrogens with zero attached hydrogens (tertiary/aromatic N) is 2. The second-order valence-electron chi connectivity index (χ2n) is 3.99. The largest absolute Gasteiger partial charge is 0.465 e. The minimum absolute atomic E-state index is 0.00954. The molecule has 3 N–H and O–H groups in total. The quantitative estimate of drug-likeness (QED) is 0.646. The lowest BCUT2D eigenvalue weighted by Gasteiger charge is -2.09. The number of hydrogen-bond donors (Lipinski definition) is 2. The van der Waals surface area contributed by atoms with E-state index in [1.807, 2.05) is 0 Å². The van der Waals surface area contributed by atoms with E-state index in [9.17, 15) is 9.18 Å². The Labute approximate surface area is 113 Å². The molecule has 7 nitrogen and oxygen atoms in total. The van der Waals surface area contributed by atoms with E-state index in [2.05, 4.69) is 20.2 Å². The van der Waals surface area contributed by atoms with E-state index in [4.69, 9.17) is 10.3 Å². The monoisotopic (exact) mass is 280 g/mol. The molecule has 0 spiro atoms. The van der Waals surface area contributed by atoms with Crippen molar-refractivity contribution in [1.29, 1.82) is 0 Å². The number of carbonyl (C=O) groups is 1. The maximum Gasteiger partial charge on any atom is 0.340 e. The minimum atomic E-state index is -0.638. The van der Waals surface area contributed by atoms with Crippen LogP contribution in [0.25, 0.3) is 0 Å². The minimum Gasteiger partial charge on any atom is -0.465 e. The molecule has 1 aromatic heterocycles. The van der Waals surface area contributed by atoms with Gasteiger partial charge in [0.15, 0.2) is 5.82 Å². The van der Waals surface area contributed by atoms with Crippen molar-refractivity contribution in [2.75, 3.05) is 18.2 Å². The second-order valence-corrected chi connectivity index (χ2v) is 3.99. The van der Waals surface area contributed by atoms with E-state index >= 15 is 0 Å². The molecule has 0 saturated heterocycles. The van der Waals surface area contributed by atoms with Gasteiger partial charge in [-0.3, -0.25) is 0 Å². The topological polar surface area (TPSA) is 103 Å². The van der Waals surface area contributed by atoms with Crippen LogP contribution in [0.5, 0.6) is 0 Å². The molecule has 1 heterocycles. The molecule has 0 atom stereocenters. The standard InChI is InChI=1S/C12H13FN4O3/c1-6-16-11(17-20-6)5-15-10-3-7(12(18)19-2)9(14)4-8(10)13/h3-4,15H,5,14H2,1-2H3. The number of rotatable bonds is 4. The summed E-state index contributed by atoms with van der Waals surface area (Å²) in [7, 11) is 1.22. The predicted octanol–water partition coefficient (Wildman–Crippen LogP) is 1.50. The first-order valence-electron chi connectivity index (χ1n) is 5.71. The Morgan fingerprint density at radius 2 is 2.30 bits per heavy atom. The van der Waals surface area contributed by atoms with Crippen LogP contribution in [0, 0.1) is 12.7 Å². The van der Waals surface area contributed by atoms with Crippen molar-refractivity contribution in [3.8, 4) is 0 Å². The van der Waals surface area contributed by atoms with Crippen molar-refractivity contribution in [2.24, 2.45) is 0 Å². The van der Waals surface area contributed by atoms with Crippen molar-refractivity contribution >= 4 is 17.3 Å². The van der Waals surface area contributed by atoms with Gasteiger partial charge in [0, 0.05) is 12.6 Å². The zero-order valence-electron chi connectivity index (χ0n) is 10.9. The lowest BCUT2D eigenvalue weighted by Crippen LogP contribution is -2.09. The van der Waals surface area contributed by atoms with Crippen LogP contribution >= 0.6 is 0 Å². The van der Waals surface area contributed by atoms with Crippen LogP contribution in [0.2, 0.25) is 0 Å². The lowest BCUT2D eigenvalue weighted by molar-refractivity contribution is 0.0602. The highest BCUT2D eigenvalue weighted by atomic mass is 19.1. The van der Waals surface area contributed by atoms with Gasteiger partial charge in [0.1, 0.15) is 5.82 Å². The van der Waals surface area contributed by atoms with Crippen molar-refractivity contribution < 1.29 is 18.4 Å². The number of ether oxygens (including phenoxy) is 1. The molecule has 1 aromatic carbocycles. The molecule has 0 unspecified atom stereocenters. The van der Waals surface area contributed by atoms with E-state index in [1.165, 1.54) is 13.2 Å². The highest BCUT2D eigenvalue weighted by Gasteiger charge is 2.15. The van der Waals surface area contributed by atoms with Crippen LogP contribution in [0.3, 0.4) is 0 Å². The number of anilines is 2. The van der Waals surface area contributed by atoms with Crippen molar-refractivity contribution in [1.82, 2.24) is 10.1 Å². The first kappa shape index (κ1) is 13.8. The van der Waals surface area contributed by atoms with Gasteiger partial charge in [-0.15, -0.1) is 0 Å². The van der Waals surface area contributed by atoms with E-state index in [0.29, 0.717) is 11.7 Å². The SMILES string of the molecule is COC(=O)c1cc(NCc2noc(C)n2)c(F)cc1N. The number of nitrogen functional groups attached to an aromatic ring is 1. The average molecular weight is 280 g/mol. The van der Waals surface area contributed by atoms with E-state index in [-0.39, 0.29) is 23.5 Å². The third-order valence-corrected chi connectivity index (χ3v) is 2.55. The van der Waals surface area contributed by atoms with Gasteiger partial charge in [0.05, 0.1) is 24.9 Å². The molecule has 2 aromatic rings. The molecular weight excluding hydrogens is 267 g/mol. The summed E-state index contributed by atoms with van der Waals surface area (Å²) in [4.78, 5) is 15.5. The first-order valence-corrected chi connectivity index (χ1v) is 5.71. The Bertz CT molecular complexity index is 642. The number of aromatic nitrogens is 2. The normalized spacial score (nSPS) is 10.3. The zero-order valence-corrected chi connectivity index (χ0v) is 10.9. The smallest absolute Gasteiger partial charge is 0.340 e. The molecule has 8 heteroatoms. The van der Waals surface area contributed by atoms with Gasteiger partial charge in [-0.05, 0) is 12.1 Å². The summed E-state index contributed by atoms with van der Waals surface area (Å²) in [5.74, 6) is -0.440. The Balaban J connectivity index is 2.20. The van der Waals surface area contributed by atoms with Gasteiger partial charge in [0.25, 0.3) is 0 Å². The Hall–Kier alpha value is -2.64. The maximum atomic E-state index is 13.7. The summed E-state index contributed by atoms with van der Waals surface area (Å²) in [6.45, 7) is 1.80. The maximum absolute atomic E-state index is 13.7. The fraction of sp³-hybridized carbons (Fsp3) is 0.250. The summed E-state index contributed by atoms with van der Waals surface area (Å²) in [6, 6.07) is 2.33. The number of nitrogens with one attached hydrogen (secondary N) is 1. The highest BCUT2D eigenvalue weighted by molar-refractivity contribution is 5.96. The van der Waals surface area contributed by atoms with Gasteiger partial charge in [-0.1, -0.05) is 5.16 Å². The molecule has 0 aliphatic rings. The van der Waals surface area contributed by atoms with Gasteiger partial charge >= 0.3 is 5.97 Å². The summed E-state index contributed by atoms with van der Waals surface area (Å²) in [5.41, 5.74) is 5.76. The lowest BCUT2D eigenvalue weighted by atomic mass is 10.1. The van der Waals surface area contributed by atoms with Crippen LogP contribution in [0.15, 0.2) is 16.7 Å². The Kier molecular flexibility index (Phi) is 3.83. The molecule has 20 heavy (non-hydrogen) atoms. The van der Waals surface area contributed by atoms with Crippen molar-refractivity contribution in [2.45, 2.75) is 13.5 Å². The number of benzene rings is 1. The van der Waals surface area contributed by atoms with Gasteiger partial charge in [-0.25, -0.2) is 9.18 Å². The molecule has 2 rings (SSSR count). The zero-order chi connectivity index (χ0) is 14.7. The molecule has 0 saturated carbocycles. The Morgan fingerprint density at radius 3 is 2.90 bits per heavy atom. The number of halogens is 1. The molecule has 0 bridgehead atoms. The molecular formula is C12H13FN4O3. The molecule has 0 amide bonds. The number of esters is 1. The second kappa shape index (κ2) is 5.55. The highest BCUT2D eigenvalue weighted by Crippen LogP contribution is 2.23. The first-order chi connectivity index (χ1) is 9.51. The summed E-state index contributed by atoms with van der Waals surface area (Å²) in [6.07, 6.45) is 0. The fourth-order valence-corrected chi connectivity index (χ4v) is 1.60. The third-order valence-electron chi connectivity index (χ3n) is 2.55. The third kappa shape index (κ3) is 2.85. The molecule has 0 radical (unpaired) electrons. The van der Waals surface area contributed by atoms with Gasteiger partial charge in [-0.2, -0.15) is 4.98 Å². The predicted molar refractivity (Wildman–Crippen MR) is 68.5 cm³/mol. The summed E-state index contributed by atoms with van der Waals surface area (Å²) >= 11 is 0. The van der Waals surface area contributed by atoms with Gasteiger partial charge < -0.3 is 20.3 Å². The van der Waals surface area contributed by atoms with Crippen LogP contribution < -0.4 is 11.1 Å².